The predicted octanol–water partition coefficient (Wildman–Crippen LogP) is 5.08. The molecule has 0 aromatic rings. The van der Waals surface area contributed by atoms with E-state index in [1.165, 1.54) is 19.3 Å². The van der Waals surface area contributed by atoms with Crippen LogP contribution in [0.2, 0.25) is 0 Å². The second-order valence-corrected chi connectivity index (χ2v) is 8.33. The number of ketones is 1. The second kappa shape index (κ2) is 8.98. The van der Waals surface area contributed by atoms with E-state index in [-0.39, 0.29) is 23.4 Å². The molecule has 1 aliphatic carbocycles. The van der Waals surface area contributed by atoms with E-state index < -0.39 is 6.10 Å². The Hall–Kier alpha value is -0.670. The zero-order valence-electron chi connectivity index (χ0n) is 16.0. The van der Waals surface area contributed by atoms with E-state index in [0.717, 1.165) is 19.3 Å². The van der Waals surface area contributed by atoms with Gasteiger partial charge in [0.05, 0.1) is 18.3 Å². The van der Waals surface area contributed by atoms with E-state index in [4.69, 9.17) is 9.47 Å². The molecule has 0 spiro atoms. The van der Waals surface area contributed by atoms with Crippen molar-refractivity contribution in [2.75, 3.05) is 0 Å². The molecule has 1 saturated carbocycles. The van der Waals surface area contributed by atoms with E-state index in [1.54, 1.807) is 6.92 Å². The maximum Gasteiger partial charge on any atom is 0.186 e. The van der Waals surface area contributed by atoms with Crippen LogP contribution in [0.5, 0.6) is 0 Å². The van der Waals surface area contributed by atoms with Crippen LogP contribution in [-0.4, -0.2) is 30.2 Å². The van der Waals surface area contributed by atoms with Gasteiger partial charge in [0.1, 0.15) is 6.10 Å². The highest BCUT2D eigenvalue weighted by Crippen LogP contribution is 2.29. The summed E-state index contributed by atoms with van der Waals surface area (Å²) in [6, 6.07) is 0. The Morgan fingerprint density at radius 1 is 1.17 bits per heavy atom. The zero-order chi connectivity index (χ0) is 17.6. The molecule has 3 unspecified atom stereocenters. The Morgan fingerprint density at radius 3 is 2.22 bits per heavy atom. The van der Waals surface area contributed by atoms with E-state index >= 15 is 0 Å². The van der Waals surface area contributed by atoms with Crippen molar-refractivity contribution < 1.29 is 14.3 Å². The van der Waals surface area contributed by atoms with Crippen LogP contribution in [0.25, 0.3) is 0 Å². The highest BCUT2D eigenvalue weighted by molar-refractivity contribution is 5.97. The fourth-order valence-corrected chi connectivity index (χ4v) is 3.19. The number of Topliss-reactive ketones (excluding diaryl/α,β-unsaturated/α-hetero) is 1. The highest BCUT2D eigenvalue weighted by atomic mass is 16.6. The second-order valence-electron chi connectivity index (χ2n) is 8.33. The summed E-state index contributed by atoms with van der Waals surface area (Å²) in [4.78, 5) is 12.1. The molecule has 134 valence electrons. The van der Waals surface area contributed by atoms with Crippen LogP contribution in [0.15, 0.2) is 12.2 Å². The van der Waals surface area contributed by atoms with Gasteiger partial charge in [0.2, 0.25) is 0 Å². The van der Waals surface area contributed by atoms with Gasteiger partial charge in [-0.15, -0.1) is 0 Å². The average molecular weight is 325 g/mol. The zero-order valence-corrected chi connectivity index (χ0v) is 16.0. The average Bonchev–Trinajstić information content (AvgIpc) is 2.45. The minimum atomic E-state index is -0.461. The van der Waals surface area contributed by atoms with Crippen LogP contribution in [0.3, 0.4) is 0 Å². The Balaban J connectivity index is 2.69. The van der Waals surface area contributed by atoms with E-state index in [2.05, 4.69) is 34.3 Å². The Morgan fingerprint density at radius 2 is 1.74 bits per heavy atom. The SMILES string of the molecule is C=C(C)C(=O)C(C)OC(CC(C)(C)C)C(C)OC1CCCCC1. The molecule has 23 heavy (non-hydrogen) atoms. The van der Waals surface area contributed by atoms with Crippen molar-refractivity contribution in [2.24, 2.45) is 5.41 Å². The smallest absolute Gasteiger partial charge is 0.186 e. The Labute approximate surface area is 142 Å². The number of hydrogen-bond acceptors (Lipinski definition) is 3. The van der Waals surface area contributed by atoms with Crippen molar-refractivity contribution >= 4 is 5.78 Å². The molecule has 3 nitrogen and oxygen atoms in total. The molecule has 0 aromatic heterocycles. The highest BCUT2D eigenvalue weighted by Gasteiger charge is 2.30. The van der Waals surface area contributed by atoms with Crippen LogP contribution in [0, 0.1) is 5.41 Å². The molecule has 3 heteroatoms. The molecular formula is C20H36O3. The van der Waals surface area contributed by atoms with Crippen LogP contribution < -0.4 is 0 Å². The molecule has 0 radical (unpaired) electrons. The van der Waals surface area contributed by atoms with Crippen molar-refractivity contribution in [3.05, 3.63) is 12.2 Å². The summed E-state index contributed by atoms with van der Waals surface area (Å²) in [5.74, 6) is -0.0197. The fourth-order valence-electron chi connectivity index (χ4n) is 3.19. The van der Waals surface area contributed by atoms with Gasteiger partial charge in [-0.25, -0.2) is 0 Å². The van der Waals surface area contributed by atoms with E-state index in [0.29, 0.717) is 11.7 Å². The van der Waals surface area contributed by atoms with Gasteiger partial charge in [0.15, 0.2) is 5.78 Å². The van der Waals surface area contributed by atoms with Crippen molar-refractivity contribution in [1.29, 1.82) is 0 Å². The first kappa shape index (κ1) is 20.4. The molecular weight excluding hydrogens is 288 g/mol. The van der Waals surface area contributed by atoms with E-state index in [1.807, 2.05) is 6.92 Å². The van der Waals surface area contributed by atoms with Gasteiger partial charge >= 0.3 is 0 Å². The lowest BCUT2D eigenvalue weighted by Crippen LogP contribution is -2.39. The summed E-state index contributed by atoms with van der Waals surface area (Å²) in [5, 5.41) is 0. The topological polar surface area (TPSA) is 35.5 Å². The maximum absolute atomic E-state index is 12.1. The van der Waals surface area contributed by atoms with Gasteiger partial charge in [0.25, 0.3) is 0 Å². The lowest BCUT2D eigenvalue weighted by molar-refractivity contribution is -0.147. The number of ether oxygens (including phenoxy) is 2. The molecule has 1 aliphatic rings. The van der Waals surface area contributed by atoms with Gasteiger partial charge in [-0.1, -0.05) is 46.6 Å². The first-order chi connectivity index (χ1) is 10.6. The van der Waals surface area contributed by atoms with Crippen LogP contribution in [-0.2, 0) is 14.3 Å². The standard InChI is InChI=1S/C20H36O3/c1-14(2)19(21)16(4)23-18(13-20(5,6)7)15(3)22-17-11-9-8-10-12-17/h15-18H,1,8-13H2,2-7H3. The van der Waals surface area contributed by atoms with Gasteiger partial charge in [0, 0.05) is 0 Å². The Kier molecular flexibility index (Phi) is 7.96. The molecule has 0 N–H and O–H groups in total. The summed E-state index contributed by atoms with van der Waals surface area (Å²) in [7, 11) is 0. The largest absolute Gasteiger partial charge is 0.373 e. The van der Waals surface area contributed by atoms with Crippen molar-refractivity contribution in [3.8, 4) is 0 Å². The maximum atomic E-state index is 12.1. The fraction of sp³-hybridized carbons (Fsp3) is 0.850. The van der Waals surface area contributed by atoms with Crippen LogP contribution >= 0.6 is 0 Å². The summed E-state index contributed by atoms with van der Waals surface area (Å²) in [5.41, 5.74) is 0.675. The Bertz CT molecular complexity index is 388. The molecule has 0 bridgehead atoms. The minimum Gasteiger partial charge on any atom is -0.373 e. The molecule has 0 amide bonds. The summed E-state index contributed by atoms with van der Waals surface area (Å²) in [6.45, 7) is 16.0. The van der Waals surface area contributed by atoms with Crippen molar-refractivity contribution in [1.82, 2.24) is 0 Å². The van der Waals surface area contributed by atoms with Crippen LogP contribution in [0.4, 0.5) is 0 Å². The molecule has 0 saturated heterocycles. The molecule has 0 aliphatic heterocycles. The van der Waals surface area contributed by atoms with Crippen LogP contribution in [0.1, 0.15) is 80.1 Å². The third kappa shape index (κ3) is 7.63. The number of rotatable bonds is 8. The first-order valence-corrected chi connectivity index (χ1v) is 9.11. The monoisotopic (exact) mass is 324 g/mol. The van der Waals surface area contributed by atoms with Crippen molar-refractivity contribution in [2.45, 2.75) is 104 Å². The lowest BCUT2D eigenvalue weighted by atomic mass is 9.87. The molecule has 0 aromatic carbocycles. The summed E-state index contributed by atoms with van der Waals surface area (Å²) in [6.07, 6.45) is 6.80. The van der Waals surface area contributed by atoms with Gasteiger partial charge in [-0.3, -0.25) is 4.79 Å². The molecule has 1 fully saturated rings. The number of hydrogen-bond donors (Lipinski definition) is 0. The van der Waals surface area contributed by atoms with E-state index in [9.17, 15) is 4.79 Å². The quantitative estimate of drug-likeness (QED) is 0.584. The minimum absolute atomic E-state index is 0.00213. The number of carbonyl (C=O) groups is 1. The third-order valence-corrected chi connectivity index (χ3v) is 4.47. The van der Waals surface area contributed by atoms with Crippen molar-refractivity contribution in [3.63, 3.8) is 0 Å². The molecule has 3 atom stereocenters. The molecule has 1 rings (SSSR count). The van der Waals surface area contributed by atoms with Gasteiger partial charge in [-0.2, -0.15) is 0 Å². The molecule has 0 heterocycles. The summed E-state index contributed by atoms with van der Waals surface area (Å²) < 4.78 is 12.4. The normalized spacial score (nSPS) is 20.8. The third-order valence-electron chi connectivity index (χ3n) is 4.47. The number of carbonyl (C=O) groups excluding carboxylic acids is 1. The van der Waals surface area contributed by atoms with Gasteiger partial charge < -0.3 is 9.47 Å². The van der Waals surface area contributed by atoms with Gasteiger partial charge in [-0.05, 0) is 51.0 Å². The predicted molar refractivity (Wildman–Crippen MR) is 95.6 cm³/mol. The lowest BCUT2D eigenvalue weighted by Gasteiger charge is -2.35. The first-order valence-electron chi connectivity index (χ1n) is 9.11. The summed E-state index contributed by atoms with van der Waals surface area (Å²) >= 11 is 0.